The van der Waals surface area contributed by atoms with Crippen LogP contribution in [0.2, 0.25) is 0 Å². The summed E-state index contributed by atoms with van der Waals surface area (Å²) in [6, 6.07) is 5.43. The maximum absolute atomic E-state index is 14.4. The summed E-state index contributed by atoms with van der Waals surface area (Å²) >= 11 is 0. The van der Waals surface area contributed by atoms with E-state index >= 15 is 0 Å². The van der Waals surface area contributed by atoms with Crippen LogP contribution in [-0.2, 0) is 0 Å². The maximum atomic E-state index is 14.4. The first kappa shape index (κ1) is 16.0. The van der Waals surface area contributed by atoms with Crippen LogP contribution in [0.25, 0.3) is 0 Å². The predicted octanol–water partition coefficient (Wildman–Crippen LogP) is 4.31. The van der Waals surface area contributed by atoms with Crippen LogP contribution in [0.3, 0.4) is 0 Å². The van der Waals surface area contributed by atoms with E-state index in [0.717, 1.165) is 25.8 Å². The normalized spacial score (nSPS) is 14.2. The van der Waals surface area contributed by atoms with Crippen LogP contribution in [0, 0.1) is 11.7 Å². The third-order valence-electron chi connectivity index (χ3n) is 3.48. The summed E-state index contributed by atoms with van der Waals surface area (Å²) in [6.45, 7) is 7.36. The van der Waals surface area contributed by atoms with Crippen molar-refractivity contribution in [2.45, 2.75) is 46.1 Å². The SMILES string of the molecule is CCCNC(c1cccc(OC)c1F)C(C)CCC. The van der Waals surface area contributed by atoms with Gasteiger partial charge in [-0.3, -0.25) is 0 Å². The van der Waals surface area contributed by atoms with Gasteiger partial charge in [-0.2, -0.15) is 0 Å². The summed E-state index contributed by atoms with van der Waals surface area (Å²) in [5.41, 5.74) is 0.716. The first-order valence-corrected chi connectivity index (χ1v) is 7.21. The predicted molar refractivity (Wildman–Crippen MR) is 78.1 cm³/mol. The van der Waals surface area contributed by atoms with Crippen LogP contribution in [0.15, 0.2) is 18.2 Å². The van der Waals surface area contributed by atoms with E-state index in [1.54, 1.807) is 6.07 Å². The average Bonchev–Trinajstić information content (AvgIpc) is 2.41. The number of nitrogens with one attached hydrogen (secondary N) is 1. The highest BCUT2D eigenvalue weighted by Crippen LogP contribution is 2.31. The van der Waals surface area contributed by atoms with Crippen LogP contribution in [0.1, 0.15) is 51.6 Å². The molecule has 0 bridgehead atoms. The van der Waals surface area contributed by atoms with Gasteiger partial charge < -0.3 is 10.1 Å². The summed E-state index contributed by atoms with van der Waals surface area (Å²) in [5.74, 6) is 0.490. The van der Waals surface area contributed by atoms with Crippen LogP contribution in [0.5, 0.6) is 5.75 Å². The lowest BCUT2D eigenvalue weighted by Gasteiger charge is -2.26. The average molecular weight is 267 g/mol. The van der Waals surface area contributed by atoms with Crippen LogP contribution >= 0.6 is 0 Å². The molecule has 1 aromatic carbocycles. The van der Waals surface area contributed by atoms with E-state index in [1.807, 2.05) is 12.1 Å². The monoisotopic (exact) mass is 267 g/mol. The molecule has 19 heavy (non-hydrogen) atoms. The minimum absolute atomic E-state index is 0.0509. The molecule has 0 amide bonds. The Labute approximate surface area is 116 Å². The molecule has 0 aliphatic rings. The van der Waals surface area contributed by atoms with Gasteiger partial charge in [0.2, 0.25) is 0 Å². The van der Waals surface area contributed by atoms with Gasteiger partial charge in [-0.25, -0.2) is 4.39 Å². The van der Waals surface area contributed by atoms with Crippen molar-refractivity contribution in [1.29, 1.82) is 0 Å². The second-order valence-electron chi connectivity index (χ2n) is 5.06. The standard InChI is InChI=1S/C16H26FNO/c1-5-8-12(3)16(18-11-6-2)13-9-7-10-14(19-4)15(13)17/h7,9-10,12,16,18H,5-6,8,11H2,1-4H3. The number of rotatable bonds is 8. The quantitative estimate of drug-likeness (QED) is 0.757. The molecule has 0 saturated carbocycles. The molecule has 108 valence electrons. The second kappa shape index (κ2) is 8.16. The van der Waals surface area contributed by atoms with Crippen LogP contribution in [-0.4, -0.2) is 13.7 Å². The zero-order valence-corrected chi connectivity index (χ0v) is 12.5. The van der Waals surface area contributed by atoms with E-state index in [4.69, 9.17) is 4.74 Å². The Hall–Kier alpha value is -1.09. The molecule has 2 unspecified atom stereocenters. The minimum atomic E-state index is -0.235. The molecule has 2 atom stereocenters. The van der Waals surface area contributed by atoms with Gasteiger partial charge in [-0.05, 0) is 31.4 Å². The van der Waals surface area contributed by atoms with E-state index in [1.165, 1.54) is 7.11 Å². The van der Waals surface area contributed by atoms with Crippen LogP contribution < -0.4 is 10.1 Å². The largest absolute Gasteiger partial charge is 0.494 e. The first-order valence-electron chi connectivity index (χ1n) is 7.21. The van der Waals surface area contributed by atoms with Crippen molar-refractivity contribution >= 4 is 0 Å². The lowest BCUT2D eigenvalue weighted by Crippen LogP contribution is -2.28. The maximum Gasteiger partial charge on any atom is 0.169 e. The van der Waals surface area contributed by atoms with E-state index in [2.05, 4.69) is 26.1 Å². The highest BCUT2D eigenvalue weighted by Gasteiger charge is 2.22. The molecular formula is C16H26FNO. The Morgan fingerprint density at radius 3 is 2.58 bits per heavy atom. The molecule has 3 heteroatoms. The molecule has 1 aromatic rings. The van der Waals surface area contributed by atoms with Crippen molar-refractivity contribution in [2.24, 2.45) is 5.92 Å². The van der Waals surface area contributed by atoms with Crippen molar-refractivity contribution < 1.29 is 9.13 Å². The molecule has 0 fully saturated rings. The summed E-state index contributed by atoms with van der Waals surface area (Å²) < 4.78 is 19.5. The van der Waals surface area contributed by atoms with E-state index in [-0.39, 0.29) is 11.9 Å². The second-order valence-corrected chi connectivity index (χ2v) is 5.06. The summed E-state index contributed by atoms with van der Waals surface area (Å²) in [4.78, 5) is 0. The number of hydrogen-bond donors (Lipinski definition) is 1. The van der Waals surface area contributed by atoms with E-state index in [0.29, 0.717) is 17.2 Å². The molecule has 0 saturated heterocycles. The van der Waals surface area contributed by atoms with E-state index < -0.39 is 0 Å². The molecule has 0 aliphatic heterocycles. The number of benzene rings is 1. The number of methoxy groups -OCH3 is 1. The van der Waals surface area contributed by atoms with Crippen molar-refractivity contribution in [3.05, 3.63) is 29.6 Å². The lowest BCUT2D eigenvalue weighted by molar-refractivity contribution is 0.340. The van der Waals surface area contributed by atoms with E-state index in [9.17, 15) is 4.39 Å². The van der Waals surface area contributed by atoms with Crippen LogP contribution in [0.4, 0.5) is 4.39 Å². The summed E-state index contributed by atoms with van der Waals surface area (Å²) in [6.07, 6.45) is 3.23. The molecular weight excluding hydrogens is 241 g/mol. The smallest absolute Gasteiger partial charge is 0.169 e. The molecule has 0 heterocycles. The number of halogens is 1. The first-order chi connectivity index (χ1) is 9.15. The molecule has 0 spiro atoms. The fourth-order valence-electron chi connectivity index (χ4n) is 2.47. The van der Waals surface area contributed by atoms with Crippen molar-refractivity contribution in [3.63, 3.8) is 0 Å². The van der Waals surface area contributed by atoms with Crippen molar-refractivity contribution in [2.75, 3.05) is 13.7 Å². The zero-order valence-electron chi connectivity index (χ0n) is 12.5. The fraction of sp³-hybridized carbons (Fsp3) is 0.625. The highest BCUT2D eigenvalue weighted by atomic mass is 19.1. The van der Waals surface area contributed by atoms with Crippen molar-refractivity contribution in [1.82, 2.24) is 5.32 Å². The Kier molecular flexibility index (Phi) is 6.85. The molecule has 2 nitrogen and oxygen atoms in total. The Morgan fingerprint density at radius 1 is 1.26 bits per heavy atom. The Morgan fingerprint density at radius 2 is 2.00 bits per heavy atom. The van der Waals surface area contributed by atoms with Gasteiger partial charge in [0, 0.05) is 11.6 Å². The third kappa shape index (κ3) is 4.20. The summed E-state index contributed by atoms with van der Waals surface area (Å²) in [7, 11) is 1.51. The molecule has 1 N–H and O–H groups in total. The van der Waals surface area contributed by atoms with Crippen molar-refractivity contribution in [3.8, 4) is 5.75 Å². The third-order valence-corrected chi connectivity index (χ3v) is 3.48. The van der Waals surface area contributed by atoms with Gasteiger partial charge in [-0.1, -0.05) is 39.3 Å². The molecule has 0 radical (unpaired) electrons. The van der Waals surface area contributed by atoms with Gasteiger partial charge >= 0.3 is 0 Å². The highest BCUT2D eigenvalue weighted by molar-refractivity contribution is 5.33. The van der Waals surface area contributed by atoms with Gasteiger partial charge in [0.15, 0.2) is 11.6 Å². The van der Waals surface area contributed by atoms with Gasteiger partial charge in [0.1, 0.15) is 0 Å². The van der Waals surface area contributed by atoms with Gasteiger partial charge in [-0.15, -0.1) is 0 Å². The Balaban J connectivity index is 3.02. The van der Waals surface area contributed by atoms with Gasteiger partial charge in [0.05, 0.1) is 7.11 Å². The molecule has 1 rings (SSSR count). The number of hydrogen-bond acceptors (Lipinski definition) is 2. The van der Waals surface area contributed by atoms with Gasteiger partial charge in [0.25, 0.3) is 0 Å². The topological polar surface area (TPSA) is 21.3 Å². The fourth-order valence-corrected chi connectivity index (χ4v) is 2.47. The zero-order chi connectivity index (χ0) is 14.3. The Bertz CT molecular complexity index is 381. The minimum Gasteiger partial charge on any atom is -0.494 e. The summed E-state index contributed by atoms with van der Waals surface area (Å²) in [5, 5.41) is 3.47. The lowest BCUT2D eigenvalue weighted by atomic mass is 9.90. The molecule has 0 aromatic heterocycles. The molecule has 0 aliphatic carbocycles. The number of ether oxygens (including phenoxy) is 1.